The molecule has 0 bridgehead atoms. The molecule has 2 nitrogen and oxygen atoms in total. The number of hydrogen-bond donors (Lipinski definition) is 1. The molecule has 0 atom stereocenters. The van der Waals surface area contributed by atoms with Gasteiger partial charge in [0.15, 0.2) is 5.78 Å². The standard InChI is InChI=1S/C13H16BrNO/c14-11-5-3-4-10(8-11)13(16)9-15-12-6-1-2-7-12/h3-5,8,12,15H,1-2,6-7,9H2. The SMILES string of the molecule is O=C(CNC1CCCC1)c1cccc(Br)c1. The van der Waals surface area contributed by atoms with Crippen LogP contribution in [-0.2, 0) is 0 Å². The van der Waals surface area contributed by atoms with E-state index in [1.807, 2.05) is 24.3 Å². The highest BCUT2D eigenvalue weighted by Gasteiger charge is 2.15. The van der Waals surface area contributed by atoms with E-state index >= 15 is 0 Å². The van der Waals surface area contributed by atoms with Crippen LogP contribution in [0.4, 0.5) is 0 Å². The molecule has 0 saturated heterocycles. The first kappa shape index (κ1) is 11.8. The predicted octanol–water partition coefficient (Wildman–Crippen LogP) is 3.16. The Morgan fingerprint density at radius 1 is 1.38 bits per heavy atom. The monoisotopic (exact) mass is 281 g/mol. The number of carbonyl (C=O) groups excluding carboxylic acids is 1. The van der Waals surface area contributed by atoms with Crippen LogP contribution in [0.25, 0.3) is 0 Å². The minimum absolute atomic E-state index is 0.174. The van der Waals surface area contributed by atoms with Crippen molar-refractivity contribution in [3.05, 3.63) is 34.3 Å². The lowest BCUT2D eigenvalue weighted by Crippen LogP contribution is -2.31. The van der Waals surface area contributed by atoms with Gasteiger partial charge in [-0.05, 0) is 25.0 Å². The molecule has 0 unspecified atom stereocenters. The van der Waals surface area contributed by atoms with E-state index in [0.717, 1.165) is 10.0 Å². The Bertz CT molecular complexity index is 372. The second kappa shape index (κ2) is 5.60. The fourth-order valence-electron chi connectivity index (χ4n) is 2.13. The van der Waals surface area contributed by atoms with Crippen LogP contribution in [0.5, 0.6) is 0 Å². The smallest absolute Gasteiger partial charge is 0.176 e. The molecule has 1 aliphatic carbocycles. The van der Waals surface area contributed by atoms with Crippen LogP contribution in [0.1, 0.15) is 36.0 Å². The van der Waals surface area contributed by atoms with Gasteiger partial charge in [-0.3, -0.25) is 4.79 Å². The van der Waals surface area contributed by atoms with Crippen molar-refractivity contribution in [1.82, 2.24) is 5.32 Å². The zero-order valence-corrected chi connectivity index (χ0v) is 10.8. The van der Waals surface area contributed by atoms with Crippen molar-refractivity contribution in [3.63, 3.8) is 0 Å². The molecule has 0 aromatic heterocycles. The maximum atomic E-state index is 11.9. The zero-order chi connectivity index (χ0) is 11.4. The third kappa shape index (κ3) is 3.16. The zero-order valence-electron chi connectivity index (χ0n) is 9.21. The number of Topliss-reactive ketones (excluding diaryl/α,β-unsaturated/α-hetero) is 1. The van der Waals surface area contributed by atoms with Crippen LogP contribution in [0, 0.1) is 0 Å². The van der Waals surface area contributed by atoms with Crippen LogP contribution in [-0.4, -0.2) is 18.4 Å². The molecule has 1 N–H and O–H groups in total. The average molecular weight is 282 g/mol. The molecule has 1 saturated carbocycles. The molecule has 0 heterocycles. The number of nitrogens with one attached hydrogen (secondary N) is 1. The van der Waals surface area contributed by atoms with Crippen molar-refractivity contribution >= 4 is 21.7 Å². The minimum atomic E-state index is 0.174. The van der Waals surface area contributed by atoms with Gasteiger partial charge in [0.1, 0.15) is 0 Å². The van der Waals surface area contributed by atoms with E-state index in [4.69, 9.17) is 0 Å². The number of carbonyl (C=O) groups is 1. The Balaban J connectivity index is 1.87. The highest BCUT2D eigenvalue weighted by molar-refractivity contribution is 9.10. The van der Waals surface area contributed by atoms with Gasteiger partial charge < -0.3 is 5.32 Å². The van der Waals surface area contributed by atoms with Gasteiger partial charge in [0, 0.05) is 16.1 Å². The average Bonchev–Trinajstić information content (AvgIpc) is 2.78. The highest BCUT2D eigenvalue weighted by atomic mass is 79.9. The summed E-state index contributed by atoms with van der Waals surface area (Å²) in [5.41, 5.74) is 0.778. The third-order valence-electron chi connectivity index (χ3n) is 3.05. The quantitative estimate of drug-likeness (QED) is 0.859. The molecule has 1 fully saturated rings. The van der Waals surface area contributed by atoms with E-state index in [1.54, 1.807) is 0 Å². The van der Waals surface area contributed by atoms with E-state index in [-0.39, 0.29) is 5.78 Å². The summed E-state index contributed by atoms with van der Waals surface area (Å²) in [7, 11) is 0. The van der Waals surface area contributed by atoms with E-state index < -0.39 is 0 Å². The number of rotatable bonds is 4. The van der Waals surface area contributed by atoms with Crippen LogP contribution in [0.2, 0.25) is 0 Å². The summed E-state index contributed by atoms with van der Waals surface area (Å²) < 4.78 is 0.958. The third-order valence-corrected chi connectivity index (χ3v) is 3.55. The van der Waals surface area contributed by atoms with Crippen LogP contribution in [0.15, 0.2) is 28.7 Å². The first-order valence-corrected chi connectivity index (χ1v) is 6.57. The van der Waals surface area contributed by atoms with Crippen molar-refractivity contribution in [2.24, 2.45) is 0 Å². The van der Waals surface area contributed by atoms with Crippen LogP contribution in [0.3, 0.4) is 0 Å². The summed E-state index contributed by atoms with van der Waals surface area (Å²) in [6.45, 7) is 0.459. The van der Waals surface area contributed by atoms with Gasteiger partial charge in [-0.1, -0.05) is 40.9 Å². The number of benzene rings is 1. The lowest BCUT2D eigenvalue weighted by atomic mass is 10.1. The van der Waals surface area contributed by atoms with E-state index in [0.29, 0.717) is 12.6 Å². The fourth-order valence-corrected chi connectivity index (χ4v) is 2.53. The summed E-state index contributed by atoms with van der Waals surface area (Å²) >= 11 is 3.38. The van der Waals surface area contributed by atoms with Gasteiger partial charge in [-0.15, -0.1) is 0 Å². The molecule has 2 rings (SSSR count). The lowest BCUT2D eigenvalue weighted by molar-refractivity contribution is 0.0987. The minimum Gasteiger partial charge on any atom is -0.307 e. The Kier molecular flexibility index (Phi) is 4.13. The second-order valence-corrected chi connectivity index (χ2v) is 5.21. The molecular formula is C13H16BrNO. The van der Waals surface area contributed by atoms with Crippen molar-refractivity contribution < 1.29 is 4.79 Å². The van der Waals surface area contributed by atoms with E-state index in [9.17, 15) is 4.79 Å². The second-order valence-electron chi connectivity index (χ2n) is 4.30. The summed E-state index contributed by atoms with van der Waals surface area (Å²) in [5, 5.41) is 3.33. The fraction of sp³-hybridized carbons (Fsp3) is 0.462. The largest absolute Gasteiger partial charge is 0.307 e. The lowest BCUT2D eigenvalue weighted by Gasteiger charge is -2.10. The van der Waals surface area contributed by atoms with Gasteiger partial charge in [0.25, 0.3) is 0 Å². The summed E-state index contributed by atoms with van der Waals surface area (Å²) in [6.07, 6.45) is 5.02. The topological polar surface area (TPSA) is 29.1 Å². The van der Waals surface area contributed by atoms with Crippen molar-refractivity contribution in [2.45, 2.75) is 31.7 Å². The van der Waals surface area contributed by atoms with Gasteiger partial charge in [-0.25, -0.2) is 0 Å². The molecule has 0 spiro atoms. The molecule has 86 valence electrons. The molecule has 0 radical (unpaired) electrons. The van der Waals surface area contributed by atoms with Crippen molar-refractivity contribution in [3.8, 4) is 0 Å². The van der Waals surface area contributed by atoms with Gasteiger partial charge in [0.2, 0.25) is 0 Å². The van der Waals surface area contributed by atoms with Gasteiger partial charge >= 0.3 is 0 Å². The molecule has 16 heavy (non-hydrogen) atoms. The van der Waals surface area contributed by atoms with Gasteiger partial charge in [-0.2, -0.15) is 0 Å². The van der Waals surface area contributed by atoms with Gasteiger partial charge in [0.05, 0.1) is 6.54 Å². The molecule has 0 aliphatic heterocycles. The van der Waals surface area contributed by atoms with Crippen molar-refractivity contribution in [1.29, 1.82) is 0 Å². The summed E-state index contributed by atoms with van der Waals surface area (Å²) in [4.78, 5) is 11.9. The maximum absolute atomic E-state index is 11.9. The number of ketones is 1. The van der Waals surface area contributed by atoms with E-state index in [2.05, 4.69) is 21.2 Å². The first-order valence-electron chi connectivity index (χ1n) is 5.78. The molecule has 0 amide bonds. The molecule has 3 heteroatoms. The highest BCUT2D eigenvalue weighted by Crippen LogP contribution is 2.17. The summed E-state index contributed by atoms with van der Waals surface area (Å²) in [6, 6.07) is 8.12. The Morgan fingerprint density at radius 3 is 2.81 bits per heavy atom. The number of halogens is 1. The Morgan fingerprint density at radius 2 is 2.12 bits per heavy atom. The van der Waals surface area contributed by atoms with E-state index in [1.165, 1.54) is 25.7 Å². The summed E-state index contributed by atoms with van der Waals surface area (Å²) in [5.74, 6) is 0.174. The molecule has 1 aliphatic rings. The Hall–Kier alpha value is -0.670. The Labute approximate surface area is 105 Å². The van der Waals surface area contributed by atoms with Crippen LogP contribution < -0.4 is 5.32 Å². The van der Waals surface area contributed by atoms with Crippen LogP contribution >= 0.6 is 15.9 Å². The number of hydrogen-bond acceptors (Lipinski definition) is 2. The molecule has 1 aromatic rings. The predicted molar refractivity (Wildman–Crippen MR) is 68.7 cm³/mol. The normalized spacial score (nSPS) is 16.6. The molecule has 1 aromatic carbocycles. The molecular weight excluding hydrogens is 266 g/mol. The maximum Gasteiger partial charge on any atom is 0.176 e. The first-order chi connectivity index (χ1) is 7.75. The van der Waals surface area contributed by atoms with Crippen molar-refractivity contribution in [2.75, 3.05) is 6.54 Å².